The molecule has 2 heterocycles. The van der Waals surface area contributed by atoms with Gasteiger partial charge in [-0.05, 0) is 73.5 Å². The Hall–Kier alpha value is -6.16. The molecule has 0 aliphatic rings. The van der Waals surface area contributed by atoms with E-state index in [4.69, 9.17) is 28.9 Å². The molecule has 2 N–H and O–H groups in total. The predicted octanol–water partition coefficient (Wildman–Crippen LogP) is 8.26. The van der Waals surface area contributed by atoms with Crippen molar-refractivity contribution in [1.82, 2.24) is 20.6 Å². The van der Waals surface area contributed by atoms with E-state index < -0.39 is 0 Å². The van der Waals surface area contributed by atoms with Gasteiger partial charge in [-0.1, -0.05) is 55.7 Å². The molecule has 0 saturated heterocycles. The van der Waals surface area contributed by atoms with Crippen molar-refractivity contribution in [2.75, 3.05) is 41.5 Å². The van der Waals surface area contributed by atoms with Crippen LogP contribution in [-0.4, -0.2) is 63.3 Å². The molecule has 0 saturated carbocycles. The second kappa shape index (κ2) is 17.4. The number of methoxy groups -OCH3 is 4. The number of nitrogens with zero attached hydrogens (tertiary/aromatic N) is 2. The normalized spacial score (nSPS) is 10.9. The zero-order valence-electron chi connectivity index (χ0n) is 30.5. The number of aromatic nitrogens is 2. The highest BCUT2D eigenvalue weighted by atomic mass is 16.5. The topological polar surface area (TPSA) is 121 Å². The number of rotatable bonds is 16. The van der Waals surface area contributed by atoms with E-state index in [-0.39, 0.29) is 11.8 Å². The summed E-state index contributed by atoms with van der Waals surface area (Å²) in [6.45, 7) is 1.13. The molecule has 0 aliphatic carbocycles. The number of amides is 2. The molecule has 0 fully saturated rings. The van der Waals surface area contributed by atoms with Crippen molar-refractivity contribution in [3.05, 3.63) is 108 Å². The van der Waals surface area contributed by atoms with Crippen molar-refractivity contribution < 1.29 is 28.5 Å². The van der Waals surface area contributed by atoms with Gasteiger partial charge < -0.3 is 29.6 Å². The van der Waals surface area contributed by atoms with E-state index in [0.29, 0.717) is 58.6 Å². The second-order valence-corrected chi connectivity index (χ2v) is 12.6. The summed E-state index contributed by atoms with van der Waals surface area (Å²) in [6.07, 6.45) is 4.63. The van der Waals surface area contributed by atoms with Gasteiger partial charge in [-0.25, -0.2) is 9.97 Å². The van der Waals surface area contributed by atoms with Gasteiger partial charge in [0.05, 0.1) is 62.0 Å². The van der Waals surface area contributed by atoms with Crippen LogP contribution in [0.5, 0.6) is 23.0 Å². The van der Waals surface area contributed by atoms with Gasteiger partial charge in [-0.3, -0.25) is 9.59 Å². The van der Waals surface area contributed by atoms with E-state index in [1.54, 1.807) is 28.4 Å². The number of hydrogen-bond acceptors (Lipinski definition) is 8. The second-order valence-electron chi connectivity index (χ2n) is 12.6. The minimum Gasteiger partial charge on any atom is -0.493 e. The summed E-state index contributed by atoms with van der Waals surface area (Å²) in [5.74, 6) is 2.17. The number of ether oxygens (including phenoxy) is 4. The third kappa shape index (κ3) is 8.49. The highest BCUT2D eigenvalue weighted by Gasteiger charge is 2.17. The summed E-state index contributed by atoms with van der Waals surface area (Å²) in [7, 11) is 6.38. The summed E-state index contributed by atoms with van der Waals surface area (Å²) in [6, 6.07) is 30.2. The van der Waals surface area contributed by atoms with Gasteiger partial charge >= 0.3 is 0 Å². The molecule has 0 unspecified atom stereocenters. The van der Waals surface area contributed by atoms with Crippen LogP contribution in [0, 0.1) is 0 Å². The number of benzene rings is 4. The molecule has 10 heteroatoms. The number of para-hydroxylation sites is 2. The van der Waals surface area contributed by atoms with E-state index in [1.165, 1.54) is 0 Å². The van der Waals surface area contributed by atoms with Crippen LogP contribution in [0.15, 0.2) is 97.1 Å². The Bertz CT molecular complexity index is 2080. The quantitative estimate of drug-likeness (QED) is 0.0963. The molecule has 10 nitrogen and oxygen atoms in total. The van der Waals surface area contributed by atoms with E-state index in [0.717, 1.165) is 65.0 Å². The molecule has 0 bridgehead atoms. The molecule has 4 aromatic carbocycles. The molecule has 6 rings (SSSR count). The fraction of sp³-hybridized carbons (Fsp3) is 0.256. The molecule has 0 atom stereocenters. The lowest BCUT2D eigenvalue weighted by Crippen LogP contribution is -2.25. The summed E-state index contributed by atoms with van der Waals surface area (Å²) < 4.78 is 21.7. The minimum atomic E-state index is -0.133. The van der Waals surface area contributed by atoms with E-state index in [9.17, 15) is 9.59 Å². The standard InChI is InChI=1S/C43H44N4O6/c1-50-38-20-18-28(24-40(38)52-3)36-26-32(30-14-8-10-16-34(30)46-36)42(48)44-22-12-6-5-7-13-23-45-43(49)33-27-37(47-35-17-11-9-15-31(33)35)29-19-21-39(51-2)41(25-29)53-4/h8-11,14-21,24-27H,5-7,12-13,22-23H2,1-4H3,(H,44,48)(H,45,49). The third-order valence-corrected chi connectivity index (χ3v) is 9.20. The molecule has 6 aromatic rings. The first kappa shape index (κ1) is 36.6. The molecular weight excluding hydrogens is 668 g/mol. The first-order chi connectivity index (χ1) is 25.9. The van der Waals surface area contributed by atoms with Gasteiger partial charge in [0, 0.05) is 35.0 Å². The van der Waals surface area contributed by atoms with Crippen LogP contribution in [0.25, 0.3) is 44.3 Å². The molecule has 2 amide bonds. The lowest BCUT2D eigenvalue weighted by Gasteiger charge is -2.13. The maximum Gasteiger partial charge on any atom is 0.252 e. The molecule has 53 heavy (non-hydrogen) atoms. The number of hydrogen-bond donors (Lipinski definition) is 2. The van der Waals surface area contributed by atoms with Crippen LogP contribution in [0.1, 0.15) is 52.8 Å². The first-order valence-corrected chi connectivity index (χ1v) is 17.7. The monoisotopic (exact) mass is 712 g/mol. The summed E-state index contributed by atoms with van der Waals surface area (Å²) in [5.41, 5.74) is 5.65. The third-order valence-electron chi connectivity index (χ3n) is 9.20. The number of unbranched alkanes of at least 4 members (excludes halogenated alkanes) is 4. The first-order valence-electron chi connectivity index (χ1n) is 17.7. The fourth-order valence-electron chi connectivity index (χ4n) is 6.39. The van der Waals surface area contributed by atoms with E-state index in [2.05, 4.69) is 10.6 Å². The van der Waals surface area contributed by atoms with Crippen molar-refractivity contribution in [2.45, 2.75) is 32.1 Å². The zero-order valence-corrected chi connectivity index (χ0v) is 30.5. The molecule has 0 radical (unpaired) electrons. The van der Waals surface area contributed by atoms with Crippen LogP contribution in [0.4, 0.5) is 0 Å². The maximum atomic E-state index is 13.4. The van der Waals surface area contributed by atoms with Gasteiger partial charge in [-0.2, -0.15) is 0 Å². The van der Waals surface area contributed by atoms with E-state index in [1.807, 2.05) is 97.1 Å². The Kier molecular flexibility index (Phi) is 12.0. The SMILES string of the molecule is COc1ccc(-c2cc(C(=O)NCCCCCCCNC(=O)c3cc(-c4ccc(OC)c(OC)c4)nc4ccccc34)c3ccccc3n2)cc1OC. The number of fused-ring (bicyclic) bond motifs is 2. The lowest BCUT2D eigenvalue weighted by molar-refractivity contribution is 0.0947. The molecule has 2 aromatic heterocycles. The summed E-state index contributed by atoms with van der Waals surface area (Å²) in [5, 5.41) is 7.80. The number of nitrogens with one attached hydrogen (secondary N) is 2. The van der Waals surface area contributed by atoms with Crippen molar-refractivity contribution in [3.8, 4) is 45.5 Å². The van der Waals surface area contributed by atoms with Crippen LogP contribution >= 0.6 is 0 Å². The Labute approximate surface area is 309 Å². The summed E-state index contributed by atoms with van der Waals surface area (Å²) in [4.78, 5) is 36.5. The van der Waals surface area contributed by atoms with Crippen LogP contribution in [0.3, 0.4) is 0 Å². The van der Waals surface area contributed by atoms with Crippen molar-refractivity contribution >= 4 is 33.6 Å². The molecule has 0 spiro atoms. The number of carbonyl (C=O) groups is 2. The number of carbonyl (C=O) groups excluding carboxylic acids is 2. The molecule has 272 valence electrons. The number of pyridine rings is 2. The Morgan fingerprint density at radius 1 is 0.491 bits per heavy atom. The highest BCUT2D eigenvalue weighted by Crippen LogP contribution is 2.34. The Balaban J connectivity index is 0.994. The summed E-state index contributed by atoms with van der Waals surface area (Å²) >= 11 is 0. The van der Waals surface area contributed by atoms with Gasteiger partial charge in [0.15, 0.2) is 23.0 Å². The fourth-order valence-corrected chi connectivity index (χ4v) is 6.39. The average molecular weight is 713 g/mol. The average Bonchev–Trinajstić information content (AvgIpc) is 3.21. The van der Waals surface area contributed by atoms with Crippen LogP contribution < -0.4 is 29.6 Å². The Morgan fingerprint density at radius 2 is 0.887 bits per heavy atom. The van der Waals surface area contributed by atoms with Crippen molar-refractivity contribution in [2.24, 2.45) is 0 Å². The molecule has 0 aliphatic heterocycles. The largest absolute Gasteiger partial charge is 0.493 e. The van der Waals surface area contributed by atoms with Gasteiger partial charge in [0.25, 0.3) is 11.8 Å². The lowest BCUT2D eigenvalue weighted by atomic mass is 10.0. The Morgan fingerprint density at radius 3 is 1.30 bits per heavy atom. The van der Waals surface area contributed by atoms with Gasteiger partial charge in [-0.15, -0.1) is 0 Å². The van der Waals surface area contributed by atoms with Crippen LogP contribution in [-0.2, 0) is 0 Å². The van der Waals surface area contributed by atoms with Crippen molar-refractivity contribution in [1.29, 1.82) is 0 Å². The maximum absolute atomic E-state index is 13.4. The highest BCUT2D eigenvalue weighted by molar-refractivity contribution is 6.08. The van der Waals surface area contributed by atoms with Crippen LogP contribution in [0.2, 0.25) is 0 Å². The van der Waals surface area contributed by atoms with Gasteiger partial charge in [0.2, 0.25) is 0 Å². The molecular formula is C43H44N4O6. The van der Waals surface area contributed by atoms with Gasteiger partial charge in [0.1, 0.15) is 0 Å². The van der Waals surface area contributed by atoms with E-state index >= 15 is 0 Å². The smallest absolute Gasteiger partial charge is 0.252 e. The zero-order chi connectivity index (χ0) is 37.2. The van der Waals surface area contributed by atoms with Crippen molar-refractivity contribution in [3.63, 3.8) is 0 Å². The predicted molar refractivity (Wildman–Crippen MR) is 208 cm³/mol. The minimum absolute atomic E-state index is 0.133.